The van der Waals surface area contributed by atoms with Gasteiger partial charge in [0.2, 0.25) is 0 Å². The highest BCUT2D eigenvalue weighted by Gasteiger charge is 1.97. The second-order valence-corrected chi connectivity index (χ2v) is 3.90. The Bertz CT molecular complexity index is 294. The van der Waals surface area contributed by atoms with Gasteiger partial charge < -0.3 is 4.74 Å². The van der Waals surface area contributed by atoms with Gasteiger partial charge in [0, 0.05) is 4.47 Å². The zero-order valence-electron chi connectivity index (χ0n) is 7.72. The van der Waals surface area contributed by atoms with Crippen LogP contribution in [-0.2, 0) is 11.3 Å². The highest BCUT2D eigenvalue weighted by atomic mass is 79.9. The van der Waals surface area contributed by atoms with Crippen LogP contribution in [0.5, 0.6) is 0 Å². The minimum absolute atomic E-state index is 0.626. The van der Waals surface area contributed by atoms with Gasteiger partial charge in [-0.15, -0.1) is 0 Å². The molecule has 1 aromatic carbocycles. The lowest BCUT2D eigenvalue weighted by Gasteiger charge is -2.05. The van der Waals surface area contributed by atoms with E-state index in [2.05, 4.69) is 22.5 Å². The lowest BCUT2D eigenvalue weighted by molar-refractivity contribution is 0.142. The number of ether oxygens (including phenoxy) is 1. The molecule has 0 fully saturated rings. The van der Waals surface area contributed by atoms with Crippen molar-refractivity contribution in [1.29, 1.82) is 0 Å². The first-order valence-electron chi connectivity index (χ1n) is 4.15. The van der Waals surface area contributed by atoms with Gasteiger partial charge in [0.05, 0.1) is 13.2 Å². The van der Waals surface area contributed by atoms with E-state index in [0.29, 0.717) is 13.2 Å². The number of benzene rings is 1. The highest BCUT2D eigenvalue weighted by molar-refractivity contribution is 9.10. The van der Waals surface area contributed by atoms with Gasteiger partial charge >= 0.3 is 0 Å². The van der Waals surface area contributed by atoms with Crippen LogP contribution in [0.25, 0.3) is 0 Å². The summed E-state index contributed by atoms with van der Waals surface area (Å²) < 4.78 is 6.53. The summed E-state index contributed by atoms with van der Waals surface area (Å²) in [6.45, 7) is 6.99. The summed E-state index contributed by atoms with van der Waals surface area (Å²) in [5.41, 5.74) is 2.22. The van der Waals surface area contributed by atoms with E-state index < -0.39 is 0 Å². The third kappa shape index (κ3) is 3.75. The Morgan fingerprint density at radius 3 is 2.77 bits per heavy atom. The molecule has 0 aliphatic rings. The SMILES string of the molecule is C=C(C)COCc1ccccc1Br. The summed E-state index contributed by atoms with van der Waals surface area (Å²) in [7, 11) is 0. The van der Waals surface area contributed by atoms with Crippen LogP contribution in [-0.4, -0.2) is 6.61 Å². The molecule has 0 aliphatic heterocycles. The van der Waals surface area contributed by atoms with Crippen molar-refractivity contribution in [1.82, 2.24) is 0 Å². The van der Waals surface area contributed by atoms with Gasteiger partial charge in [-0.05, 0) is 18.6 Å². The maximum atomic E-state index is 5.43. The smallest absolute Gasteiger partial charge is 0.0732 e. The molecule has 0 saturated heterocycles. The Hall–Kier alpha value is -0.600. The molecule has 0 saturated carbocycles. The van der Waals surface area contributed by atoms with Crippen molar-refractivity contribution in [3.63, 3.8) is 0 Å². The molecule has 0 amide bonds. The predicted octanol–water partition coefficient (Wildman–Crippen LogP) is 3.54. The molecule has 1 nitrogen and oxygen atoms in total. The van der Waals surface area contributed by atoms with Crippen molar-refractivity contribution in [2.45, 2.75) is 13.5 Å². The van der Waals surface area contributed by atoms with Gasteiger partial charge in [-0.1, -0.05) is 46.3 Å². The monoisotopic (exact) mass is 240 g/mol. The van der Waals surface area contributed by atoms with Crippen LogP contribution in [0.1, 0.15) is 12.5 Å². The van der Waals surface area contributed by atoms with E-state index in [-0.39, 0.29) is 0 Å². The zero-order valence-corrected chi connectivity index (χ0v) is 9.30. The lowest BCUT2D eigenvalue weighted by Crippen LogP contribution is -1.96. The third-order valence-corrected chi connectivity index (χ3v) is 2.34. The second kappa shape index (κ2) is 5.20. The van der Waals surface area contributed by atoms with Crippen LogP contribution in [0, 0.1) is 0 Å². The normalized spacial score (nSPS) is 10.0. The van der Waals surface area contributed by atoms with E-state index in [9.17, 15) is 0 Å². The quantitative estimate of drug-likeness (QED) is 0.732. The average molecular weight is 241 g/mol. The van der Waals surface area contributed by atoms with Crippen LogP contribution in [0.15, 0.2) is 40.9 Å². The van der Waals surface area contributed by atoms with Gasteiger partial charge in [0.15, 0.2) is 0 Å². The molecule has 0 heterocycles. The Balaban J connectivity index is 2.45. The molecule has 0 aliphatic carbocycles. The van der Waals surface area contributed by atoms with E-state index in [0.717, 1.165) is 10.0 Å². The van der Waals surface area contributed by atoms with Crippen LogP contribution >= 0.6 is 15.9 Å². The van der Waals surface area contributed by atoms with Crippen molar-refractivity contribution in [2.75, 3.05) is 6.61 Å². The average Bonchev–Trinajstić information content (AvgIpc) is 2.08. The van der Waals surface area contributed by atoms with Gasteiger partial charge in [0.25, 0.3) is 0 Å². The van der Waals surface area contributed by atoms with E-state index >= 15 is 0 Å². The van der Waals surface area contributed by atoms with Crippen molar-refractivity contribution >= 4 is 15.9 Å². The van der Waals surface area contributed by atoms with Crippen molar-refractivity contribution in [2.24, 2.45) is 0 Å². The van der Waals surface area contributed by atoms with Gasteiger partial charge in [-0.25, -0.2) is 0 Å². The third-order valence-electron chi connectivity index (χ3n) is 1.56. The molecule has 70 valence electrons. The molecule has 0 unspecified atom stereocenters. The van der Waals surface area contributed by atoms with Crippen LogP contribution in [0.2, 0.25) is 0 Å². The summed E-state index contributed by atoms with van der Waals surface area (Å²) in [5, 5.41) is 0. The van der Waals surface area contributed by atoms with Crippen LogP contribution in [0.4, 0.5) is 0 Å². The van der Waals surface area contributed by atoms with Crippen molar-refractivity contribution in [3.8, 4) is 0 Å². The van der Waals surface area contributed by atoms with E-state index in [1.165, 1.54) is 5.56 Å². The first-order valence-corrected chi connectivity index (χ1v) is 4.95. The first kappa shape index (κ1) is 10.5. The van der Waals surface area contributed by atoms with Crippen molar-refractivity contribution in [3.05, 3.63) is 46.5 Å². The second-order valence-electron chi connectivity index (χ2n) is 3.04. The Morgan fingerprint density at radius 1 is 1.46 bits per heavy atom. The van der Waals surface area contributed by atoms with Gasteiger partial charge in [-0.3, -0.25) is 0 Å². The molecular formula is C11H13BrO. The molecule has 0 N–H and O–H groups in total. The summed E-state index contributed by atoms with van der Waals surface area (Å²) in [4.78, 5) is 0. The van der Waals surface area contributed by atoms with Crippen LogP contribution in [0.3, 0.4) is 0 Å². The molecular weight excluding hydrogens is 228 g/mol. The fourth-order valence-corrected chi connectivity index (χ4v) is 1.35. The minimum atomic E-state index is 0.626. The zero-order chi connectivity index (χ0) is 9.68. The molecule has 0 atom stereocenters. The van der Waals surface area contributed by atoms with Crippen LogP contribution < -0.4 is 0 Å². The fourth-order valence-electron chi connectivity index (χ4n) is 0.951. The number of halogens is 1. The maximum Gasteiger partial charge on any atom is 0.0732 e. The maximum absolute atomic E-state index is 5.43. The summed E-state index contributed by atoms with van der Waals surface area (Å²) in [6.07, 6.45) is 0. The minimum Gasteiger partial charge on any atom is -0.372 e. The highest BCUT2D eigenvalue weighted by Crippen LogP contribution is 2.16. The Morgan fingerprint density at radius 2 is 2.15 bits per heavy atom. The van der Waals surface area contributed by atoms with Crippen molar-refractivity contribution < 1.29 is 4.74 Å². The number of hydrogen-bond acceptors (Lipinski definition) is 1. The topological polar surface area (TPSA) is 9.23 Å². The van der Waals surface area contributed by atoms with Gasteiger partial charge in [0.1, 0.15) is 0 Å². The number of rotatable bonds is 4. The summed E-state index contributed by atoms with van der Waals surface area (Å²) >= 11 is 3.46. The molecule has 13 heavy (non-hydrogen) atoms. The molecule has 0 radical (unpaired) electrons. The molecule has 1 rings (SSSR count). The summed E-state index contributed by atoms with van der Waals surface area (Å²) in [6, 6.07) is 8.05. The lowest BCUT2D eigenvalue weighted by atomic mass is 10.2. The Kier molecular flexibility index (Phi) is 4.19. The molecule has 0 spiro atoms. The molecule has 0 bridgehead atoms. The van der Waals surface area contributed by atoms with Gasteiger partial charge in [-0.2, -0.15) is 0 Å². The number of hydrogen-bond donors (Lipinski definition) is 0. The first-order chi connectivity index (χ1) is 6.20. The van der Waals surface area contributed by atoms with E-state index in [1.54, 1.807) is 0 Å². The van der Waals surface area contributed by atoms with E-state index in [1.807, 2.05) is 31.2 Å². The summed E-state index contributed by atoms with van der Waals surface area (Å²) in [5.74, 6) is 0. The predicted molar refractivity (Wildman–Crippen MR) is 58.6 cm³/mol. The molecule has 2 heteroatoms. The van der Waals surface area contributed by atoms with E-state index in [4.69, 9.17) is 4.74 Å². The molecule has 0 aromatic heterocycles. The Labute approximate surface area is 87.5 Å². The largest absolute Gasteiger partial charge is 0.372 e. The standard InChI is InChI=1S/C11H13BrO/c1-9(2)7-13-8-10-5-3-4-6-11(10)12/h3-6H,1,7-8H2,2H3. The fraction of sp³-hybridized carbons (Fsp3) is 0.273. The molecule has 1 aromatic rings.